The van der Waals surface area contributed by atoms with Crippen LogP contribution in [0.3, 0.4) is 0 Å². The first-order valence-corrected chi connectivity index (χ1v) is 3.21. The normalized spacial score (nSPS) is 12.2. The fraction of sp³-hybridized carbons (Fsp3) is 0.571. The first-order valence-electron chi connectivity index (χ1n) is 3.21. The smallest absolute Gasteiger partial charge is 0.332 e. The Morgan fingerprint density at radius 2 is 2.50 bits per heavy atom. The molecule has 0 aromatic carbocycles. The Morgan fingerprint density at radius 3 is 2.90 bits per heavy atom. The Kier molecular flexibility index (Phi) is 4.58. The topological polar surface area (TPSA) is 46.5 Å². The third-order valence-corrected chi connectivity index (χ3v) is 0.954. The van der Waals surface area contributed by atoms with Gasteiger partial charge in [0.05, 0.1) is 0 Å². The number of ether oxygens (including phenoxy) is 1. The van der Waals surface area contributed by atoms with Gasteiger partial charge in [-0.15, -0.1) is 0 Å². The summed E-state index contributed by atoms with van der Waals surface area (Å²) >= 11 is 0. The van der Waals surface area contributed by atoms with Gasteiger partial charge in [-0.1, -0.05) is 19.9 Å². The van der Waals surface area contributed by atoms with E-state index in [1.54, 1.807) is 0 Å². The summed E-state index contributed by atoms with van der Waals surface area (Å²) in [6.07, 6.45) is 1.31. The molecular formula is C7H12O3. The molecule has 0 saturated heterocycles. The molecule has 3 heteroatoms. The Morgan fingerprint density at radius 1 is 1.90 bits per heavy atom. The lowest BCUT2D eigenvalue weighted by Gasteiger charge is -2.07. The van der Waals surface area contributed by atoms with Crippen LogP contribution in [0.1, 0.15) is 19.8 Å². The zero-order chi connectivity index (χ0) is 7.98. The quantitative estimate of drug-likeness (QED) is 0.361. The highest BCUT2D eigenvalue weighted by molar-refractivity contribution is 5.81. The summed E-state index contributed by atoms with van der Waals surface area (Å²) in [5.41, 5.74) is 0. The second-order valence-electron chi connectivity index (χ2n) is 1.88. The lowest BCUT2D eigenvalue weighted by atomic mass is 10.3. The van der Waals surface area contributed by atoms with Crippen molar-refractivity contribution < 1.29 is 14.6 Å². The highest BCUT2D eigenvalue weighted by atomic mass is 16.6. The van der Waals surface area contributed by atoms with Crippen LogP contribution < -0.4 is 0 Å². The molecule has 10 heavy (non-hydrogen) atoms. The minimum atomic E-state index is -0.976. The van der Waals surface area contributed by atoms with Crippen LogP contribution >= 0.6 is 0 Å². The number of hydrogen-bond acceptors (Lipinski definition) is 3. The van der Waals surface area contributed by atoms with Crippen molar-refractivity contribution in [1.82, 2.24) is 0 Å². The van der Waals surface area contributed by atoms with Crippen molar-refractivity contribution in [3.8, 4) is 0 Å². The van der Waals surface area contributed by atoms with Crippen molar-refractivity contribution in [2.45, 2.75) is 26.1 Å². The van der Waals surface area contributed by atoms with Crippen LogP contribution in [0.2, 0.25) is 0 Å². The molecule has 0 fully saturated rings. The van der Waals surface area contributed by atoms with Crippen LogP contribution in [-0.4, -0.2) is 17.4 Å². The van der Waals surface area contributed by atoms with Crippen molar-refractivity contribution in [2.24, 2.45) is 0 Å². The van der Waals surface area contributed by atoms with Crippen LogP contribution in [0.15, 0.2) is 12.7 Å². The zero-order valence-electron chi connectivity index (χ0n) is 6.04. The van der Waals surface area contributed by atoms with E-state index in [9.17, 15) is 4.79 Å². The van der Waals surface area contributed by atoms with Crippen LogP contribution in [-0.2, 0) is 9.53 Å². The van der Waals surface area contributed by atoms with Gasteiger partial charge in [0.1, 0.15) is 0 Å². The first kappa shape index (κ1) is 9.17. The largest absolute Gasteiger partial charge is 0.433 e. The van der Waals surface area contributed by atoms with E-state index >= 15 is 0 Å². The fourth-order valence-corrected chi connectivity index (χ4v) is 0.488. The van der Waals surface area contributed by atoms with Crippen LogP contribution in [0.4, 0.5) is 0 Å². The number of carbonyl (C=O) groups excluding carboxylic acids is 1. The molecule has 1 N–H and O–H groups in total. The molecule has 3 nitrogen and oxygen atoms in total. The van der Waals surface area contributed by atoms with E-state index in [1.165, 1.54) is 0 Å². The molecule has 0 radical (unpaired) electrons. The standard InChI is InChI=1S/C7H12O3/c1-3-5-7(9)10-6(8)4-2/h4,7,9H,2-3,5H2,1H3. The molecule has 1 atom stereocenters. The first-order chi connectivity index (χ1) is 4.70. The highest BCUT2D eigenvalue weighted by Crippen LogP contribution is 1.97. The number of rotatable bonds is 4. The number of aliphatic hydroxyl groups is 1. The van der Waals surface area contributed by atoms with E-state index in [0.717, 1.165) is 12.5 Å². The van der Waals surface area contributed by atoms with Crippen LogP contribution in [0.5, 0.6) is 0 Å². The van der Waals surface area contributed by atoms with Crippen molar-refractivity contribution >= 4 is 5.97 Å². The maximum Gasteiger partial charge on any atom is 0.332 e. The van der Waals surface area contributed by atoms with Crippen LogP contribution in [0.25, 0.3) is 0 Å². The van der Waals surface area contributed by atoms with Crippen molar-refractivity contribution in [2.75, 3.05) is 0 Å². The van der Waals surface area contributed by atoms with E-state index in [0.29, 0.717) is 6.42 Å². The monoisotopic (exact) mass is 144 g/mol. The maximum atomic E-state index is 10.4. The number of carbonyl (C=O) groups is 1. The molecule has 0 aliphatic rings. The molecule has 0 bridgehead atoms. The van der Waals surface area contributed by atoms with Gasteiger partial charge >= 0.3 is 5.97 Å². The van der Waals surface area contributed by atoms with Gasteiger partial charge in [-0.05, 0) is 0 Å². The van der Waals surface area contributed by atoms with Gasteiger partial charge in [-0.3, -0.25) is 0 Å². The Bertz CT molecular complexity index is 120. The minimum absolute atomic E-state index is 0.472. The summed E-state index contributed by atoms with van der Waals surface area (Å²) in [5, 5.41) is 8.86. The predicted molar refractivity (Wildman–Crippen MR) is 37.2 cm³/mol. The fourth-order valence-electron chi connectivity index (χ4n) is 0.488. The van der Waals surface area contributed by atoms with E-state index in [-0.39, 0.29) is 0 Å². The van der Waals surface area contributed by atoms with Gasteiger partial charge in [0.2, 0.25) is 6.29 Å². The van der Waals surface area contributed by atoms with Gasteiger partial charge in [0.25, 0.3) is 0 Å². The second kappa shape index (κ2) is 4.99. The van der Waals surface area contributed by atoms with Crippen molar-refractivity contribution in [3.63, 3.8) is 0 Å². The summed E-state index contributed by atoms with van der Waals surface area (Å²) < 4.78 is 4.44. The predicted octanol–water partition coefficient (Wildman–Crippen LogP) is 0.834. The Balaban J connectivity index is 3.46. The second-order valence-corrected chi connectivity index (χ2v) is 1.88. The van der Waals surface area contributed by atoms with E-state index in [4.69, 9.17) is 5.11 Å². The molecule has 0 aromatic rings. The highest BCUT2D eigenvalue weighted by Gasteiger charge is 2.05. The SMILES string of the molecule is C=CC(=O)OC(O)CCC. The molecule has 0 aliphatic carbocycles. The van der Waals surface area contributed by atoms with Crippen LogP contribution in [0, 0.1) is 0 Å². The minimum Gasteiger partial charge on any atom is -0.433 e. The van der Waals surface area contributed by atoms with Gasteiger partial charge in [-0.25, -0.2) is 4.79 Å². The Hall–Kier alpha value is -0.830. The summed E-state index contributed by atoms with van der Waals surface area (Å²) in [6, 6.07) is 0. The number of hydrogen-bond donors (Lipinski definition) is 1. The third kappa shape index (κ3) is 4.09. The zero-order valence-corrected chi connectivity index (χ0v) is 6.04. The molecule has 1 unspecified atom stereocenters. The number of esters is 1. The Labute approximate surface area is 60.3 Å². The summed E-state index contributed by atoms with van der Waals surface area (Å²) in [5.74, 6) is -0.582. The molecule has 0 aliphatic heterocycles. The third-order valence-electron chi connectivity index (χ3n) is 0.954. The number of aliphatic hydroxyl groups excluding tert-OH is 1. The lowest BCUT2D eigenvalue weighted by Crippen LogP contribution is -2.15. The van der Waals surface area contributed by atoms with Crippen molar-refractivity contribution in [3.05, 3.63) is 12.7 Å². The molecule has 0 spiro atoms. The molecular weight excluding hydrogens is 132 g/mol. The van der Waals surface area contributed by atoms with Gasteiger partial charge in [-0.2, -0.15) is 0 Å². The van der Waals surface area contributed by atoms with Crippen molar-refractivity contribution in [1.29, 1.82) is 0 Å². The van der Waals surface area contributed by atoms with Gasteiger partial charge in [0.15, 0.2) is 0 Å². The van der Waals surface area contributed by atoms with E-state index < -0.39 is 12.3 Å². The summed E-state index contributed by atoms with van der Waals surface area (Å²) in [4.78, 5) is 10.4. The van der Waals surface area contributed by atoms with E-state index in [2.05, 4.69) is 11.3 Å². The van der Waals surface area contributed by atoms with Gasteiger partial charge < -0.3 is 9.84 Å². The molecule has 0 aromatic heterocycles. The molecule has 0 amide bonds. The molecule has 58 valence electrons. The van der Waals surface area contributed by atoms with E-state index in [1.807, 2.05) is 6.92 Å². The average molecular weight is 144 g/mol. The molecule has 0 heterocycles. The molecule has 0 saturated carbocycles. The van der Waals surface area contributed by atoms with Gasteiger partial charge in [0, 0.05) is 12.5 Å². The maximum absolute atomic E-state index is 10.4. The summed E-state index contributed by atoms with van der Waals surface area (Å²) in [6.45, 7) is 5.08. The average Bonchev–Trinajstić information content (AvgIpc) is 1.88. The summed E-state index contributed by atoms with van der Waals surface area (Å²) in [7, 11) is 0. The molecule has 0 rings (SSSR count). The lowest BCUT2D eigenvalue weighted by molar-refractivity contribution is -0.162.